The van der Waals surface area contributed by atoms with Crippen molar-refractivity contribution in [3.8, 4) is 6.07 Å². The first-order valence-corrected chi connectivity index (χ1v) is 5.17. The monoisotopic (exact) mass is 220 g/mol. The van der Waals surface area contributed by atoms with E-state index < -0.39 is 0 Å². The number of aromatic nitrogens is 1. The van der Waals surface area contributed by atoms with Gasteiger partial charge in [-0.05, 0) is 26.0 Å². The number of rotatable bonds is 5. The number of nitrogens with zero attached hydrogens (tertiary/aromatic N) is 2. The number of carbonyl (C=O) groups is 1. The lowest BCUT2D eigenvalue weighted by Gasteiger charge is -2.12. The Hall–Kier alpha value is -1.96. The Morgan fingerprint density at radius 2 is 2.06 bits per heavy atom. The van der Waals surface area contributed by atoms with Gasteiger partial charge in [0.05, 0.1) is 12.5 Å². The van der Waals surface area contributed by atoms with E-state index in [9.17, 15) is 4.79 Å². The van der Waals surface area contributed by atoms with Crippen molar-refractivity contribution in [2.75, 3.05) is 18.5 Å². The second kappa shape index (κ2) is 5.81. The number of nitrogens with one attached hydrogen (secondary N) is 2. The fourth-order valence-electron chi connectivity index (χ4n) is 1.39. The van der Waals surface area contributed by atoms with E-state index in [2.05, 4.69) is 10.7 Å². The average molecular weight is 220 g/mol. The van der Waals surface area contributed by atoms with E-state index in [4.69, 9.17) is 5.26 Å². The number of hydrogen-bond donors (Lipinski definition) is 2. The van der Waals surface area contributed by atoms with Gasteiger partial charge in [0.1, 0.15) is 6.54 Å². The van der Waals surface area contributed by atoms with E-state index in [1.54, 1.807) is 0 Å². The molecule has 0 saturated heterocycles. The molecule has 0 saturated carbocycles. The summed E-state index contributed by atoms with van der Waals surface area (Å²) in [4.78, 5) is 11.3. The molecule has 1 rings (SSSR count). The Bertz CT molecular complexity index is 383. The lowest BCUT2D eigenvalue weighted by atomic mass is 10.4. The number of aryl methyl sites for hydroxylation is 2. The summed E-state index contributed by atoms with van der Waals surface area (Å²) in [7, 11) is 0. The lowest BCUT2D eigenvalue weighted by molar-refractivity contribution is -0.119. The average Bonchev–Trinajstić information content (AvgIpc) is 2.57. The molecule has 86 valence electrons. The van der Waals surface area contributed by atoms with Gasteiger partial charge in [-0.25, -0.2) is 0 Å². The Labute approximate surface area is 95.0 Å². The second-order valence-corrected chi connectivity index (χ2v) is 3.54. The molecular formula is C11H16N4O. The van der Waals surface area contributed by atoms with Crippen LogP contribution >= 0.6 is 0 Å². The second-order valence-electron chi connectivity index (χ2n) is 3.54. The summed E-state index contributed by atoms with van der Waals surface area (Å²) < 4.78 is 1.86. The summed E-state index contributed by atoms with van der Waals surface area (Å²) in [5.41, 5.74) is 5.13. The van der Waals surface area contributed by atoms with Gasteiger partial charge < -0.3 is 10.7 Å². The first kappa shape index (κ1) is 12.1. The van der Waals surface area contributed by atoms with Gasteiger partial charge >= 0.3 is 0 Å². The van der Waals surface area contributed by atoms with Gasteiger partial charge in [0, 0.05) is 17.9 Å². The van der Waals surface area contributed by atoms with E-state index in [1.807, 2.05) is 36.7 Å². The Morgan fingerprint density at radius 1 is 1.44 bits per heavy atom. The normalized spacial score (nSPS) is 9.56. The third-order valence-electron chi connectivity index (χ3n) is 2.23. The van der Waals surface area contributed by atoms with Crippen molar-refractivity contribution in [3.05, 3.63) is 23.5 Å². The molecule has 0 atom stereocenters. The molecule has 0 aromatic carbocycles. The molecule has 1 amide bonds. The van der Waals surface area contributed by atoms with Crippen molar-refractivity contribution in [3.63, 3.8) is 0 Å². The van der Waals surface area contributed by atoms with Crippen LogP contribution in [0.2, 0.25) is 0 Å². The maximum atomic E-state index is 11.3. The minimum absolute atomic E-state index is 0.109. The minimum atomic E-state index is -0.109. The van der Waals surface area contributed by atoms with Crippen LogP contribution in [0.4, 0.5) is 0 Å². The predicted octanol–water partition coefficient (Wildman–Crippen LogP) is 0.678. The molecule has 2 N–H and O–H groups in total. The third kappa shape index (κ3) is 3.31. The van der Waals surface area contributed by atoms with Crippen LogP contribution in [-0.4, -0.2) is 23.7 Å². The highest BCUT2D eigenvalue weighted by Gasteiger charge is 2.03. The third-order valence-corrected chi connectivity index (χ3v) is 2.23. The van der Waals surface area contributed by atoms with Crippen LogP contribution in [0, 0.1) is 25.2 Å². The van der Waals surface area contributed by atoms with Gasteiger partial charge in [-0.2, -0.15) is 5.26 Å². The molecule has 0 bridgehead atoms. The molecule has 1 heterocycles. The SMILES string of the molecule is Cc1ccc(C)n1NCC(=O)NCCC#N. The molecule has 5 heteroatoms. The molecule has 0 fully saturated rings. The van der Waals surface area contributed by atoms with Crippen LogP contribution in [0.5, 0.6) is 0 Å². The van der Waals surface area contributed by atoms with Crippen LogP contribution < -0.4 is 10.7 Å². The Morgan fingerprint density at radius 3 is 2.62 bits per heavy atom. The van der Waals surface area contributed by atoms with E-state index in [0.717, 1.165) is 11.4 Å². The number of nitriles is 1. The van der Waals surface area contributed by atoms with E-state index >= 15 is 0 Å². The van der Waals surface area contributed by atoms with Crippen molar-refractivity contribution >= 4 is 5.91 Å². The van der Waals surface area contributed by atoms with Gasteiger partial charge in [0.2, 0.25) is 5.91 Å². The standard InChI is InChI=1S/C11H16N4O/c1-9-4-5-10(2)15(9)14-8-11(16)13-7-3-6-12/h4-5,14H,3,7-8H2,1-2H3,(H,13,16). The van der Waals surface area contributed by atoms with E-state index in [-0.39, 0.29) is 12.5 Å². The molecular weight excluding hydrogens is 204 g/mol. The van der Waals surface area contributed by atoms with Gasteiger partial charge in [-0.3, -0.25) is 9.47 Å². The zero-order valence-electron chi connectivity index (χ0n) is 9.58. The van der Waals surface area contributed by atoms with Crippen molar-refractivity contribution in [1.82, 2.24) is 9.99 Å². The van der Waals surface area contributed by atoms with Crippen molar-refractivity contribution < 1.29 is 4.79 Å². The number of amides is 1. The smallest absolute Gasteiger partial charge is 0.240 e. The fraction of sp³-hybridized carbons (Fsp3) is 0.455. The molecule has 0 spiro atoms. The van der Waals surface area contributed by atoms with Gasteiger partial charge in [0.25, 0.3) is 0 Å². The van der Waals surface area contributed by atoms with Crippen LogP contribution in [-0.2, 0) is 4.79 Å². The van der Waals surface area contributed by atoms with E-state index in [0.29, 0.717) is 13.0 Å². The highest BCUT2D eigenvalue weighted by atomic mass is 16.2. The molecule has 1 aromatic heterocycles. The molecule has 16 heavy (non-hydrogen) atoms. The zero-order chi connectivity index (χ0) is 12.0. The summed E-state index contributed by atoms with van der Waals surface area (Å²) in [5, 5.41) is 11.0. The van der Waals surface area contributed by atoms with Crippen LogP contribution in [0.3, 0.4) is 0 Å². The van der Waals surface area contributed by atoms with E-state index in [1.165, 1.54) is 0 Å². The largest absolute Gasteiger partial charge is 0.353 e. The predicted molar refractivity (Wildman–Crippen MR) is 61.4 cm³/mol. The summed E-state index contributed by atoms with van der Waals surface area (Å²) in [6.07, 6.45) is 0.341. The quantitative estimate of drug-likeness (QED) is 0.717. The first-order valence-electron chi connectivity index (χ1n) is 5.17. The Kier molecular flexibility index (Phi) is 4.40. The molecule has 1 aromatic rings. The first-order chi connectivity index (χ1) is 7.65. The summed E-state index contributed by atoms with van der Waals surface area (Å²) in [5.74, 6) is -0.109. The molecule has 0 aliphatic rings. The highest BCUT2D eigenvalue weighted by molar-refractivity contribution is 5.79. The topological polar surface area (TPSA) is 69.8 Å². The van der Waals surface area contributed by atoms with Crippen LogP contribution in [0.15, 0.2) is 12.1 Å². The van der Waals surface area contributed by atoms with Crippen molar-refractivity contribution in [2.24, 2.45) is 0 Å². The maximum Gasteiger partial charge on any atom is 0.240 e. The minimum Gasteiger partial charge on any atom is -0.353 e. The van der Waals surface area contributed by atoms with Crippen LogP contribution in [0.1, 0.15) is 17.8 Å². The fourth-order valence-corrected chi connectivity index (χ4v) is 1.39. The molecule has 0 unspecified atom stereocenters. The van der Waals surface area contributed by atoms with Crippen molar-refractivity contribution in [2.45, 2.75) is 20.3 Å². The lowest BCUT2D eigenvalue weighted by Crippen LogP contribution is -2.34. The summed E-state index contributed by atoms with van der Waals surface area (Å²) >= 11 is 0. The molecule has 0 aliphatic carbocycles. The summed E-state index contributed by atoms with van der Waals surface area (Å²) in [6, 6.07) is 5.93. The molecule has 0 aliphatic heterocycles. The highest BCUT2D eigenvalue weighted by Crippen LogP contribution is 2.03. The van der Waals surface area contributed by atoms with Gasteiger partial charge in [-0.15, -0.1) is 0 Å². The number of carbonyl (C=O) groups excluding carboxylic acids is 1. The molecule has 5 nitrogen and oxygen atoms in total. The van der Waals surface area contributed by atoms with Crippen LogP contribution in [0.25, 0.3) is 0 Å². The maximum absolute atomic E-state index is 11.3. The molecule has 0 radical (unpaired) electrons. The zero-order valence-corrected chi connectivity index (χ0v) is 9.58. The van der Waals surface area contributed by atoms with Gasteiger partial charge in [0.15, 0.2) is 0 Å². The van der Waals surface area contributed by atoms with Gasteiger partial charge in [-0.1, -0.05) is 0 Å². The summed E-state index contributed by atoms with van der Waals surface area (Å²) in [6.45, 7) is 4.55. The number of hydrogen-bond acceptors (Lipinski definition) is 3. The van der Waals surface area contributed by atoms with Crippen molar-refractivity contribution in [1.29, 1.82) is 5.26 Å². The Balaban J connectivity index is 2.35.